The number of para-hydroxylation sites is 1. The summed E-state index contributed by atoms with van der Waals surface area (Å²) in [6.07, 6.45) is 1.54. The van der Waals surface area contributed by atoms with Crippen LogP contribution in [0.2, 0.25) is 5.02 Å². The number of nitrogens with one attached hydrogen (secondary N) is 1. The molecule has 2 aromatic heterocycles. The second-order valence-corrected chi connectivity index (χ2v) is 7.23. The molecule has 3 rings (SSSR count). The molecule has 10 heteroatoms. The van der Waals surface area contributed by atoms with Gasteiger partial charge < -0.3 is 0 Å². The Labute approximate surface area is 139 Å². The molecule has 2 heterocycles. The quantitative estimate of drug-likeness (QED) is 0.727. The van der Waals surface area contributed by atoms with Crippen LogP contribution in [0.5, 0.6) is 0 Å². The van der Waals surface area contributed by atoms with Crippen LogP contribution in [-0.2, 0) is 10.0 Å². The van der Waals surface area contributed by atoms with E-state index in [1.807, 2.05) is 0 Å². The number of benzene rings is 1. The molecule has 0 amide bonds. The molecular weight excluding hydrogens is 394 g/mol. The van der Waals surface area contributed by atoms with Gasteiger partial charge in [0.25, 0.3) is 21.0 Å². The maximum atomic E-state index is 12.4. The number of aryl methyl sites for hydroxylation is 1. The maximum Gasteiger partial charge on any atom is 0.299 e. The summed E-state index contributed by atoms with van der Waals surface area (Å²) in [6, 6.07) is 6.65. The van der Waals surface area contributed by atoms with Crippen LogP contribution in [0.15, 0.2) is 40.1 Å². The van der Waals surface area contributed by atoms with E-state index in [0.717, 1.165) is 5.69 Å². The number of sulfonamides is 1. The van der Waals surface area contributed by atoms with Crippen molar-refractivity contribution in [1.29, 1.82) is 0 Å². The molecule has 0 radical (unpaired) electrons. The van der Waals surface area contributed by atoms with Gasteiger partial charge in [-0.05, 0) is 41.1 Å². The minimum absolute atomic E-state index is 0.207. The third-order valence-corrected chi connectivity index (χ3v) is 4.95. The van der Waals surface area contributed by atoms with Crippen molar-refractivity contribution in [2.24, 2.45) is 0 Å². The molecule has 0 unspecified atom stereocenters. The Morgan fingerprint density at radius 3 is 2.77 bits per heavy atom. The van der Waals surface area contributed by atoms with E-state index in [1.54, 1.807) is 31.2 Å². The van der Waals surface area contributed by atoms with Crippen molar-refractivity contribution in [2.45, 2.75) is 12.1 Å². The number of halogens is 2. The molecule has 0 aliphatic rings. The van der Waals surface area contributed by atoms with Crippen LogP contribution in [0.4, 0.5) is 5.69 Å². The number of aromatic nitrogens is 4. The maximum absolute atomic E-state index is 12.4. The third kappa shape index (κ3) is 2.67. The average molecular weight is 403 g/mol. The second kappa shape index (κ2) is 5.49. The highest BCUT2D eigenvalue weighted by molar-refractivity contribution is 9.10. The topological polar surface area (TPSA) is 89.2 Å². The summed E-state index contributed by atoms with van der Waals surface area (Å²) < 4.78 is 29.1. The molecular formula is C12H9BrClN5O2S. The zero-order valence-corrected chi connectivity index (χ0v) is 14.3. The van der Waals surface area contributed by atoms with Gasteiger partial charge in [-0.2, -0.15) is 13.4 Å². The molecule has 1 N–H and O–H groups in total. The first kappa shape index (κ1) is 15.2. The van der Waals surface area contributed by atoms with E-state index in [2.05, 4.69) is 35.7 Å². The highest BCUT2D eigenvalue weighted by Crippen LogP contribution is 2.31. The van der Waals surface area contributed by atoms with Crippen molar-refractivity contribution < 1.29 is 8.42 Å². The predicted octanol–water partition coefficient (Wildman–Crippen LogP) is 2.65. The van der Waals surface area contributed by atoms with E-state index in [1.165, 1.54) is 10.7 Å². The van der Waals surface area contributed by atoms with Crippen LogP contribution >= 0.6 is 27.5 Å². The Morgan fingerprint density at radius 1 is 1.32 bits per heavy atom. The molecule has 0 spiro atoms. The monoisotopic (exact) mass is 401 g/mol. The highest BCUT2D eigenvalue weighted by Gasteiger charge is 2.23. The van der Waals surface area contributed by atoms with E-state index in [9.17, 15) is 8.42 Å². The van der Waals surface area contributed by atoms with Gasteiger partial charge in [-0.1, -0.05) is 17.7 Å². The minimum Gasteiger partial charge on any atom is -0.274 e. The van der Waals surface area contributed by atoms with Crippen LogP contribution in [0.1, 0.15) is 5.69 Å². The lowest BCUT2D eigenvalue weighted by molar-refractivity contribution is 0.592. The molecule has 1 aromatic carbocycles. The minimum atomic E-state index is -3.98. The molecule has 0 fully saturated rings. The highest BCUT2D eigenvalue weighted by atomic mass is 79.9. The second-order valence-electron chi connectivity index (χ2n) is 4.39. The van der Waals surface area contributed by atoms with Crippen molar-refractivity contribution >= 4 is 49.0 Å². The Balaban J connectivity index is 2.07. The normalized spacial score (nSPS) is 11.8. The number of fused-ring (bicyclic) bond motifs is 1. The first-order valence-corrected chi connectivity index (χ1v) is 8.69. The van der Waals surface area contributed by atoms with E-state index in [0.29, 0.717) is 4.47 Å². The number of hydrogen-bond donors (Lipinski definition) is 1. The van der Waals surface area contributed by atoms with Gasteiger partial charge in [0, 0.05) is 16.4 Å². The van der Waals surface area contributed by atoms with Crippen molar-refractivity contribution in [2.75, 3.05) is 4.72 Å². The number of anilines is 1. The number of nitrogens with zero attached hydrogens (tertiary/aromatic N) is 4. The zero-order valence-electron chi connectivity index (χ0n) is 11.2. The summed E-state index contributed by atoms with van der Waals surface area (Å²) >= 11 is 9.26. The molecule has 3 aromatic rings. The Kier molecular flexibility index (Phi) is 3.79. The van der Waals surface area contributed by atoms with Gasteiger partial charge >= 0.3 is 0 Å². The molecule has 7 nitrogen and oxygen atoms in total. The zero-order chi connectivity index (χ0) is 15.9. The van der Waals surface area contributed by atoms with Gasteiger partial charge in [0.1, 0.15) is 0 Å². The summed E-state index contributed by atoms with van der Waals surface area (Å²) in [5.74, 6) is 0.207. The van der Waals surface area contributed by atoms with Gasteiger partial charge in [-0.3, -0.25) is 4.72 Å². The lowest BCUT2D eigenvalue weighted by atomic mass is 10.3. The standard InChI is InChI=1S/C12H9BrClN5O2S/c1-7-5-6-15-11-16-12(17-19(7)11)22(20,21)18-10-8(13)3-2-4-9(10)14/h2-6,18H,1H3. The molecule has 0 atom stereocenters. The largest absolute Gasteiger partial charge is 0.299 e. The molecule has 0 bridgehead atoms. The molecule has 0 aliphatic carbocycles. The fraction of sp³-hybridized carbons (Fsp3) is 0.0833. The first-order chi connectivity index (χ1) is 10.4. The Bertz CT molecular complexity index is 953. The summed E-state index contributed by atoms with van der Waals surface area (Å²) in [4.78, 5) is 7.91. The van der Waals surface area contributed by atoms with E-state index < -0.39 is 10.0 Å². The van der Waals surface area contributed by atoms with Gasteiger partial charge in [-0.25, -0.2) is 9.50 Å². The van der Waals surface area contributed by atoms with Crippen LogP contribution in [0.25, 0.3) is 5.78 Å². The fourth-order valence-electron chi connectivity index (χ4n) is 1.78. The summed E-state index contributed by atoms with van der Waals surface area (Å²) in [5, 5.41) is 3.86. The van der Waals surface area contributed by atoms with Crippen LogP contribution in [-0.4, -0.2) is 28.0 Å². The fourth-order valence-corrected chi connectivity index (χ4v) is 3.74. The Morgan fingerprint density at radius 2 is 2.09 bits per heavy atom. The van der Waals surface area contributed by atoms with Crippen molar-refractivity contribution in [3.05, 3.63) is 45.7 Å². The molecule has 22 heavy (non-hydrogen) atoms. The number of hydrogen-bond acceptors (Lipinski definition) is 5. The summed E-state index contributed by atoms with van der Waals surface area (Å²) in [7, 11) is -3.98. The van der Waals surface area contributed by atoms with Crippen molar-refractivity contribution in [3.63, 3.8) is 0 Å². The smallest absolute Gasteiger partial charge is 0.274 e. The third-order valence-electron chi connectivity index (χ3n) is 2.85. The lowest BCUT2D eigenvalue weighted by Gasteiger charge is -2.08. The molecule has 0 saturated heterocycles. The Hall–Kier alpha value is -1.71. The van der Waals surface area contributed by atoms with Crippen molar-refractivity contribution in [3.8, 4) is 0 Å². The number of rotatable bonds is 3. The van der Waals surface area contributed by atoms with E-state index in [-0.39, 0.29) is 21.6 Å². The molecule has 0 saturated carbocycles. The predicted molar refractivity (Wildman–Crippen MR) is 85.5 cm³/mol. The van der Waals surface area contributed by atoms with Gasteiger partial charge in [-0.15, -0.1) is 5.10 Å². The van der Waals surface area contributed by atoms with Crippen LogP contribution < -0.4 is 4.72 Å². The van der Waals surface area contributed by atoms with Gasteiger partial charge in [0.05, 0.1) is 10.7 Å². The summed E-state index contributed by atoms with van der Waals surface area (Å²) in [6.45, 7) is 1.78. The van der Waals surface area contributed by atoms with Crippen LogP contribution in [0.3, 0.4) is 0 Å². The van der Waals surface area contributed by atoms with Gasteiger partial charge in [0.15, 0.2) is 0 Å². The van der Waals surface area contributed by atoms with E-state index in [4.69, 9.17) is 11.6 Å². The molecule has 114 valence electrons. The lowest BCUT2D eigenvalue weighted by Crippen LogP contribution is -2.15. The van der Waals surface area contributed by atoms with E-state index >= 15 is 0 Å². The average Bonchev–Trinajstić information content (AvgIpc) is 2.90. The summed E-state index contributed by atoms with van der Waals surface area (Å²) in [5.41, 5.74) is 0.950. The molecule has 0 aliphatic heterocycles. The van der Waals surface area contributed by atoms with Crippen LogP contribution in [0, 0.1) is 6.92 Å². The first-order valence-electron chi connectivity index (χ1n) is 6.04. The SMILES string of the molecule is Cc1ccnc2nc(S(=O)(=O)Nc3c(Cl)cccc3Br)nn12. The van der Waals surface area contributed by atoms with Crippen molar-refractivity contribution in [1.82, 2.24) is 19.6 Å². The van der Waals surface area contributed by atoms with Gasteiger partial charge in [0.2, 0.25) is 0 Å².